The zero-order valence-corrected chi connectivity index (χ0v) is 14.4. The third-order valence-electron chi connectivity index (χ3n) is 4.40. The topological polar surface area (TPSA) is 12.5 Å². The number of nitrogens with zero attached hydrogens (tertiary/aromatic N) is 1. The van der Waals surface area contributed by atoms with E-state index in [0.717, 1.165) is 44.0 Å². The fraction of sp³-hybridized carbons (Fsp3) is 0.273. The van der Waals surface area contributed by atoms with Crippen LogP contribution in [0.1, 0.15) is 30.0 Å². The zero-order chi connectivity index (χ0) is 16.8. The Bertz CT molecular complexity index is 718. The zero-order valence-electron chi connectivity index (χ0n) is 14.4. The minimum absolute atomic E-state index is 0.837. The van der Waals surface area contributed by atoms with Crippen molar-refractivity contribution < 1.29 is 4.74 Å². The summed E-state index contributed by atoms with van der Waals surface area (Å²) in [5.74, 6) is 1.04. The second-order valence-corrected chi connectivity index (χ2v) is 6.14. The molecule has 0 N–H and O–H groups in total. The highest BCUT2D eigenvalue weighted by molar-refractivity contribution is 5.56. The number of hydrogen-bond acceptors (Lipinski definition) is 2. The summed E-state index contributed by atoms with van der Waals surface area (Å²) in [6, 6.07) is 16.9. The van der Waals surface area contributed by atoms with Gasteiger partial charge in [0.1, 0.15) is 5.75 Å². The van der Waals surface area contributed by atoms with Gasteiger partial charge < -0.3 is 9.64 Å². The van der Waals surface area contributed by atoms with Gasteiger partial charge >= 0.3 is 0 Å². The SMILES string of the molecule is C=C(/C=C/c1ccc2c(c1)CCCO2)N(CC)Cc1ccccc1. The first kappa shape index (κ1) is 16.4. The molecule has 1 heterocycles. The predicted molar refractivity (Wildman–Crippen MR) is 101 cm³/mol. The second-order valence-electron chi connectivity index (χ2n) is 6.14. The molecule has 2 aromatic carbocycles. The third kappa shape index (κ3) is 4.08. The number of benzene rings is 2. The van der Waals surface area contributed by atoms with Gasteiger partial charge in [-0.2, -0.15) is 0 Å². The predicted octanol–water partition coefficient (Wildman–Crippen LogP) is 5.06. The van der Waals surface area contributed by atoms with Crippen LogP contribution in [0.15, 0.2) is 66.9 Å². The van der Waals surface area contributed by atoms with Crippen molar-refractivity contribution >= 4 is 6.08 Å². The molecule has 0 unspecified atom stereocenters. The Morgan fingerprint density at radius 2 is 2.04 bits per heavy atom. The second kappa shape index (κ2) is 7.87. The van der Waals surface area contributed by atoms with Crippen molar-refractivity contribution in [3.63, 3.8) is 0 Å². The van der Waals surface area contributed by atoms with Crippen molar-refractivity contribution in [1.29, 1.82) is 0 Å². The van der Waals surface area contributed by atoms with Crippen molar-refractivity contribution in [2.45, 2.75) is 26.3 Å². The van der Waals surface area contributed by atoms with E-state index >= 15 is 0 Å². The van der Waals surface area contributed by atoms with Crippen LogP contribution in [0.3, 0.4) is 0 Å². The summed E-state index contributed by atoms with van der Waals surface area (Å²) in [5.41, 5.74) is 4.86. The summed E-state index contributed by atoms with van der Waals surface area (Å²) in [4.78, 5) is 2.29. The molecule has 1 aliphatic heterocycles. The highest BCUT2D eigenvalue weighted by Crippen LogP contribution is 2.26. The van der Waals surface area contributed by atoms with Crippen molar-refractivity contribution in [3.05, 3.63) is 83.6 Å². The first-order valence-corrected chi connectivity index (χ1v) is 8.68. The number of aryl methyl sites for hydroxylation is 1. The van der Waals surface area contributed by atoms with E-state index in [9.17, 15) is 0 Å². The fourth-order valence-corrected chi connectivity index (χ4v) is 3.00. The van der Waals surface area contributed by atoms with E-state index in [1.165, 1.54) is 16.7 Å². The van der Waals surface area contributed by atoms with Crippen LogP contribution in [0.5, 0.6) is 5.75 Å². The van der Waals surface area contributed by atoms with Gasteiger partial charge in [-0.1, -0.05) is 49.1 Å². The largest absolute Gasteiger partial charge is 0.493 e. The average Bonchev–Trinajstić information content (AvgIpc) is 2.65. The van der Waals surface area contributed by atoms with Gasteiger partial charge in [-0.15, -0.1) is 0 Å². The molecule has 3 rings (SSSR count). The summed E-state index contributed by atoms with van der Waals surface area (Å²) in [5, 5.41) is 0. The quantitative estimate of drug-likeness (QED) is 0.690. The van der Waals surface area contributed by atoms with Gasteiger partial charge in [0.2, 0.25) is 0 Å². The summed E-state index contributed by atoms with van der Waals surface area (Å²) >= 11 is 0. The molecule has 2 aromatic rings. The first-order valence-electron chi connectivity index (χ1n) is 8.68. The van der Waals surface area contributed by atoms with Crippen LogP contribution in [-0.4, -0.2) is 18.1 Å². The van der Waals surface area contributed by atoms with Gasteiger partial charge in [0, 0.05) is 18.8 Å². The number of hydrogen-bond donors (Lipinski definition) is 0. The van der Waals surface area contributed by atoms with E-state index in [0.29, 0.717) is 0 Å². The molecule has 0 fully saturated rings. The Morgan fingerprint density at radius 3 is 2.83 bits per heavy atom. The van der Waals surface area contributed by atoms with Crippen LogP contribution < -0.4 is 4.74 Å². The van der Waals surface area contributed by atoms with Gasteiger partial charge in [0.05, 0.1) is 6.61 Å². The molecular weight excluding hydrogens is 294 g/mol. The molecule has 1 aliphatic rings. The summed E-state index contributed by atoms with van der Waals surface area (Å²) < 4.78 is 5.68. The lowest BCUT2D eigenvalue weighted by atomic mass is 10.0. The molecule has 0 spiro atoms. The smallest absolute Gasteiger partial charge is 0.122 e. The molecule has 0 aliphatic carbocycles. The maximum atomic E-state index is 5.68. The molecule has 0 bridgehead atoms. The molecule has 2 heteroatoms. The molecule has 0 aromatic heterocycles. The molecule has 0 saturated heterocycles. The van der Waals surface area contributed by atoms with Gasteiger partial charge in [-0.25, -0.2) is 0 Å². The fourth-order valence-electron chi connectivity index (χ4n) is 3.00. The Morgan fingerprint density at radius 1 is 1.21 bits per heavy atom. The van der Waals surface area contributed by atoms with Crippen molar-refractivity contribution in [2.24, 2.45) is 0 Å². The van der Waals surface area contributed by atoms with Crippen LogP contribution in [0, 0.1) is 0 Å². The molecule has 2 nitrogen and oxygen atoms in total. The van der Waals surface area contributed by atoms with Crippen LogP contribution in [0.25, 0.3) is 6.08 Å². The van der Waals surface area contributed by atoms with E-state index in [1.807, 2.05) is 6.07 Å². The van der Waals surface area contributed by atoms with Crippen molar-refractivity contribution in [2.75, 3.05) is 13.2 Å². The van der Waals surface area contributed by atoms with Crippen molar-refractivity contribution in [1.82, 2.24) is 4.90 Å². The number of rotatable bonds is 6. The van der Waals surface area contributed by atoms with Crippen LogP contribution in [0.4, 0.5) is 0 Å². The molecule has 0 amide bonds. The molecule has 0 saturated carbocycles. The highest BCUT2D eigenvalue weighted by atomic mass is 16.5. The number of ether oxygens (including phenoxy) is 1. The van der Waals surface area contributed by atoms with Gasteiger partial charge in [0.25, 0.3) is 0 Å². The maximum Gasteiger partial charge on any atom is 0.122 e. The van der Waals surface area contributed by atoms with E-state index in [-0.39, 0.29) is 0 Å². The van der Waals surface area contributed by atoms with E-state index in [4.69, 9.17) is 4.74 Å². The number of fused-ring (bicyclic) bond motifs is 1. The summed E-state index contributed by atoms with van der Waals surface area (Å²) in [7, 11) is 0. The molecule has 24 heavy (non-hydrogen) atoms. The highest BCUT2D eigenvalue weighted by Gasteiger charge is 2.10. The van der Waals surface area contributed by atoms with Crippen molar-refractivity contribution in [3.8, 4) is 5.75 Å². The summed E-state index contributed by atoms with van der Waals surface area (Å²) in [6.45, 7) is 9.07. The standard InChI is InChI=1S/C22H25NO/c1-3-23(17-20-8-5-4-6-9-20)18(2)11-12-19-13-14-22-21(16-19)10-7-15-24-22/h4-6,8-9,11-14,16H,2-3,7,10,15,17H2,1H3/b12-11+. The minimum Gasteiger partial charge on any atom is -0.493 e. The van der Waals surface area contributed by atoms with E-state index < -0.39 is 0 Å². The average molecular weight is 319 g/mol. The lowest BCUT2D eigenvalue weighted by Gasteiger charge is -2.23. The Balaban J connectivity index is 1.67. The first-order chi connectivity index (χ1) is 11.8. The van der Waals surface area contributed by atoms with Crippen LogP contribution in [0.2, 0.25) is 0 Å². The van der Waals surface area contributed by atoms with Gasteiger partial charge in [0.15, 0.2) is 0 Å². The van der Waals surface area contributed by atoms with Crippen LogP contribution in [-0.2, 0) is 13.0 Å². The van der Waals surface area contributed by atoms with E-state index in [2.05, 4.69) is 73.0 Å². The Kier molecular flexibility index (Phi) is 5.37. The normalized spacial score (nSPS) is 13.4. The van der Waals surface area contributed by atoms with E-state index in [1.54, 1.807) is 0 Å². The number of likely N-dealkylation sites (N-methyl/N-ethyl adjacent to an activating group) is 1. The number of allylic oxidation sites excluding steroid dienone is 1. The minimum atomic E-state index is 0.837. The maximum absolute atomic E-state index is 5.68. The Labute approximate surface area is 145 Å². The van der Waals surface area contributed by atoms with Gasteiger partial charge in [-0.05, 0) is 54.7 Å². The summed E-state index contributed by atoms with van der Waals surface area (Å²) in [6.07, 6.45) is 6.46. The van der Waals surface area contributed by atoms with Crippen LogP contribution >= 0.6 is 0 Å². The lowest BCUT2D eigenvalue weighted by molar-refractivity contribution is 0.288. The molecule has 124 valence electrons. The molecule has 0 atom stereocenters. The Hall–Kier alpha value is -2.48. The third-order valence-corrected chi connectivity index (χ3v) is 4.40. The lowest BCUT2D eigenvalue weighted by Crippen LogP contribution is -2.20. The molecule has 0 radical (unpaired) electrons. The monoisotopic (exact) mass is 319 g/mol. The van der Waals surface area contributed by atoms with Gasteiger partial charge in [-0.3, -0.25) is 0 Å². The molecular formula is C22H25NO.